The number of halogens is 1. The molecule has 21 heavy (non-hydrogen) atoms. The minimum absolute atomic E-state index is 0.193. The first-order valence-corrected chi connectivity index (χ1v) is 8.43. The third-order valence-electron chi connectivity index (χ3n) is 5.19. The van der Waals surface area contributed by atoms with Gasteiger partial charge in [0, 0.05) is 23.1 Å². The number of rotatable bonds is 1. The Balaban J connectivity index is 2.04. The fourth-order valence-corrected chi connectivity index (χ4v) is 4.17. The fourth-order valence-electron chi connectivity index (χ4n) is 4.04. The van der Waals surface area contributed by atoms with E-state index in [2.05, 4.69) is 50.8 Å². The number of hydrogen-bond acceptors (Lipinski definition) is 1. The molecule has 1 aliphatic heterocycles. The van der Waals surface area contributed by atoms with Crippen LogP contribution in [0.5, 0.6) is 0 Å². The fraction of sp³-hybridized carbons (Fsp3) is 0.579. The van der Waals surface area contributed by atoms with Crippen LogP contribution in [0, 0.1) is 11.8 Å². The van der Waals surface area contributed by atoms with E-state index < -0.39 is 0 Å². The summed E-state index contributed by atoms with van der Waals surface area (Å²) in [7, 11) is 0. The number of likely N-dealkylation sites (tertiary alicyclic amines) is 1. The van der Waals surface area contributed by atoms with Gasteiger partial charge in [-0.15, -0.1) is 0 Å². The summed E-state index contributed by atoms with van der Waals surface area (Å²) in [6, 6.07) is 8.98. The largest absolute Gasteiger partial charge is 0.291 e. The van der Waals surface area contributed by atoms with E-state index in [0.29, 0.717) is 12.0 Å². The van der Waals surface area contributed by atoms with Crippen LogP contribution in [0.1, 0.15) is 52.1 Å². The third-order valence-corrected chi connectivity index (χ3v) is 5.44. The van der Waals surface area contributed by atoms with E-state index in [1.807, 2.05) is 12.1 Å². The Bertz CT molecular complexity index is 538. The Morgan fingerprint density at radius 2 is 1.81 bits per heavy atom. The first-order valence-electron chi connectivity index (χ1n) is 8.05. The minimum Gasteiger partial charge on any atom is -0.291 e. The van der Waals surface area contributed by atoms with Gasteiger partial charge in [-0.1, -0.05) is 35.4 Å². The van der Waals surface area contributed by atoms with Gasteiger partial charge in [0.25, 0.3) is 0 Å². The zero-order valence-corrected chi connectivity index (χ0v) is 14.3. The molecule has 114 valence electrons. The number of hydrogen-bond donors (Lipinski definition) is 0. The van der Waals surface area contributed by atoms with Gasteiger partial charge in [-0.3, -0.25) is 4.90 Å². The van der Waals surface area contributed by atoms with Crippen LogP contribution < -0.4 is 0 Å². The summed E-state index contributed by atoms with van der Waals surface area (Å²) in [6.07, 6.45) is 5.06. The highest BCUT2D eigenvalue weighted by atomic mass is 35.5. The van der Waals surface area contributed by atoms with Crippen molar-refractivity contribution in [2.45, 2.75) is 52.1 Å². The topological polar surface area (TPSA) is 3.24 Å². The van der Waals surface area contributed by atoms with Crippen LogP contribution in [0.3, 0.4) is 0 Å². The van der Waals surface area contributed by atoms with Crippen molar-refractivity contribution in [3.8, 4) is 0 Å². The summed E-state index contributed by atoms with van der Waals surface area (Å²) in [5, 5.41) is 0.825. The molecule has 0 radical (unpaired) electrons. The van der Waals surface area contributed by atoms with Crippen molar-refractivity contribution in [1.29, 1.82) is 0 Å². The number of nitrogens with zero attached hydrogens (tertiary/aromatic N) is 1. The molecule has 1 saturated heterocycles. The Hall–Kier alpha value is -0.790. The smallest absolute Gasteiger partial charge is 0.0418 e. The molecule has 2 bridgehead atoms. The van der Waals surface area contributed by atoms with E-state index in [1.54, 1.807) is 5.57 Å². The zero-order chi connectivity index (χ0) is 15.2. The van der Waals surface area contributed by atoms with Crippen LogP contribution in [0.2, 0.25) is 5.02 Å². The van der Waals surface area contributed by atoms with E-state index >= 15 is 0 Å². The molecule has 0 aromatic heterocycles. The van der Waals surface area contributed by atoms with Crippen molar-refractivity contribution in [2.24, 2.45) is 11.8 Å². The molecule has 2 aliphatic rings. The van der Waals surface area contributed by atoms with Gasteiger partial charge in [0.05, 0.1) is 0 Å². The van der Waals surface area contributed by atoms with Gasteiger partial charge in [-0.05, 0) is 70.1 Å². The van der Waals surface area contributed by atoms with Gasteiger partial charge in [0.2, 0.25) is 0 Å². The van der Waals surface area contributed by atoms with Crippen LogP contribution in [0.4, 0.5) is 0 Å². The van der Waals surface area contributed by atoms with Crippen LogP contribution in [0.15, 0.2) is 35.9 Å². The van der Waals surface area contributed by atoms with Gasteiger partial charge in [-0.2, -0.15) is 0 Å². The van der Waals surface area contributed by atoms with Crippen molar-refractivity contribution < 1.29 is 0 Å². The van der Waals surface area contributed by atoms with E-state index in [0.717, 1.165) is 10.9 Å². The highest BCUT2D eigenvalue weighted by Gasteiger charge is 2.43. The first-order chi connectivity index (χ1) is 9.86. The van der Waals surface area contributed by atoms with Crippen LogP contribution in [-0.2, 0) is 0 Å². The monoisotopic (exact) mass is 303 g/mol. The molecule has 0 spiro atoms. The Labute approximate surface area is 134 Å². The maximum Gasteiger partial charge on any atom is 0.0418 e. The summed E-state index contributed by atoms with van der Waals surface area (Å²) in [6.45, 7) is 10.6. The predicted octanol–water partition coefficient (Wildman–Crippen LogP) is 5.47. The normalized spacial score (nSPS) is 30.1. The number of fused-ring (bicyclic) bond motifs is 2. The van der Waals surface area contributed by atoms with Gasteiger partial charge < -0.3 is 0 Å². The molecule has 1 aromatic carbocycles. The van der Waals surface area contributed by atoms with E-state index in [4.69, 9.17) is 11.6 Å². The molecule has 3 atom stereocenters. The Kier molecular flexibility index (Phi) is 3.92. The zero-order valence-electron chi connectivity index (χ0n) is 13.6. The molecular formula is C19H26ClN. The summed E-state index contributed by atoms with van der Waals surface area (Å²) in [5.74, 6) is 1.47. The van der Waals surface area contributed by atoms with E-state index in [-0.39, 0.29) is 5.54 Å². The third kappa shape index (κ3) is 2.91. The molecule has 0 amide bonds. The molecule has 2 heteroatoms. The highest BCUT2D eigenvalue weighted by molar-refractivity contribution is 6.30. The molecule has 0 saturated carbocycles. The lowest BCUT2D eigenvalue weighted by Crippen LogP contribution is -2.53. The number of allylic oxidation sites excluding steroid dienone is 1. The van der Waals surface area contributed by atoms with Crippen molar-refractivity contribution in [2.75, 3.05) is 6.54 Å². The highest BCUT2D eigenvalue weighted by Crippen LogP contribution is 2.48. The molecule has 1 aromatic rings. The molecular weight excluding hydrogens is 278 g/mol. The number of piperidine rings is 1. The molecule has 0 unspecified atom stereocenters. The maximum absolute atomic E-state index is 6.09. The van der Waals surface area contributed by atoms with Gasteiger partial charge >= 0.3 is 0 Å². The lowest BCUT2D eigenvalue weighted by molar-refractivity contribution is -0.00648. The second-order valence-electron chi connectivity index (χ2n) is 7.71. The molecule has 0 N–H and O–H groups in total. The minimum atomic E-state index is 0.193. The standard InChI is InChI=1S/C19H26ClN/c1-13-5-6-14-11-17(13)18(21(12-14)19(2,3)4)15-7-9-16(20)10-8-15/h5,7-10,14,17-18H,6,11-12H2,1-4H3/t14-,17-,18-/m0/s1. The van der Waals surface area contributed by atoms with Gasteiger partial charge in [0.1, 0.15) is 0 Å². The Morgan fingerprint density at radius 1 is 1.14 bits per heavy atom. The second kappa shape index (κ2) is 5.44. The van der Waals surface area contributed by atoms with Crippen molar-refractivity contribution in [1.82, 2.24) is 4.90 Å². The van der Waals surface area contributed by atoms with Crippen molar-refractivity contribution in [3.63, 3.8) is 0 Å². The summed E-state index contributed by atoms with van der Waals surface area (Å²) < 4.78 is 0. The van der Waals surface area contributed by atoms with Crippen LogP contribution >= 0.6 is 11.6 Å². The molecule has 3 rings (SSSR count). The average molecular weight is 304 g/mol. The predicted molar refractivity (Wildman–Crippen MR) is 90.6 cm³/mol. The summed E-state index contributed by atoms with van der Waals surface area (Å²) >= 11 is 6.09. The number of benzene rings is 1. The quantitative estimate of drug-likeness (QED) is 0.622. The Morgan fingerprint density at radius 3 is 2.43 bits per heavy atom. The van der Waals surface area contributed by atoms with Crippen LogP contribution in [0.25, 0.3) is 0 Å². The average Bonchev–Trinajstić information content (AvgIpc) is 2.43. The summed E-state index contributed by atoms with van der Waals surface area (Å²) in [5.41, 5.74) is 3.17. The molecule has 1 aliphatic carbocycles. The lowest BCUT2D eigenvalue weighted by atomic mass is 9.70. The van der Waals surface area contributed by atoms with Crippen molar-refractivity contribution in [3.05, 3.63) is 46.5 Å². The van der Waals surface area contributed by atoms with E-state index in [1.165, 1.54) is 24.9 Å². The molecule has 1 nitrogen and oxygen atoms in total. The van der Waals surface area contributed by atoms with Crippen LogP contribution in [-0.4, -0.2) is 17.0 Å². The van der Waals surface area contributed by atoms with Gasteiger partial charge in [0.15, 0.2) is 0 Å². The van der Waals surface area contributed by atoms with Crippen molar-refractivity contribution >= 4 is 11.6 Å². The molecule has 1 fully saturated rings. The second-order valence-corrected chi connectivity index (χ2v) is 8.15. The lowest BCUT2D eigenvalue weighted by Gasteiger charge is -2.53. The van der Waals surface area contributed by atoms with E-state index in [9.17, 15) is 0 Å². The SMILES string of the molecule is CC1=CC[C@H]2C[C@@H]1[C@H](c1ccc(Cl)cc1)N(C(C)(C)C)C2. The van der Waals surface area contributed by atoms with Gasteiger partial charge in [-0.25, -0.2) is 0 Å². The molecule has 1 heterocycles. The maximum atomic E-state index is 6.09. The first kappa shape index (κ1) is 15.1. The summed E-state index contributed by atoms with van der Waals surface area (Å²) in [4.78, 5) is 2.71.